The van der Waals surface area contributed by atoms with Crippen molar-refractivity contribution in [3.63, 3.8) is 0 Å². The van der Waals surface area contributed by atoms with Gasteiger partial charge in [0, 0.05) is 12.0 Å². The fraction of sp³-hybridized carbons (Fsp3) is 0.588. The fourth-order valence-electron chi connectivity index (χ4n) is 3.35. The van der Waals surface area contributed by atoms with Gasteiger partial charge in [-0.3, -0.25) is 0 Å². The lowest BCUT2D eigenvalue weighted by atomic mass is 9.67. The van der Waals surface area contributed by atoms with Crippen LogP contribution >= 0.6 is 11.6 Å². The smallest absolute Gasteiger partial charge is 0.238 e. The summed E-state index contributed by atoms with van der Waals surface area (Å²) in [5.74, 6) is 0.183. The van der Waals surface area contributed by atoms with E-state index in [-0.39, 0.29) is 17.5 Å². The van der Waals surface area contributed by atoms with Crippen LogP contribution in [-0.2, 0) is 10.2 Å². The first-order valence-corrected chi connectivity index (χ1v) is 8.83. The number of fused-ring (bicyclic) bond motifs is 1. The van der Waals surface area contributed by atoms with Crippen LogP contribution < -0.4 is 5.73 Å². The number of aromatic nitrogens is 3. The molecule has 2 fully saturated rings. The van der Waals surface area contributed by atoms with Gasteiger partial charge < -0.3 is 15.6 Å². The molecule has 1 atom stereocenters. The number of rotatable bonds is 1. The molecule has 1 unspecified atom stereocenters. The number of nitrogens with zero attached hydrogens (tertiary/aromatic N) is 4. The summed E-state index contributed by atoms with van der Waals surface area (Å²) in [5.41, 5.74) is 7.60. The molecule has 2 aromatic heterocycles. The summed E-state index contributed by atoms with van der Waals surface area (Å²) in [6, 6.07) is 2.19. The Labute approximate surface area is 151 Å². The van der Waals surface area contributed by atoms with Crippen LogP contribution in [-0.4, -0.2) is 39.0 Å². The van der Waals surface area contributed by atoms with E-state index in [9.17, 15) is 5.26 Å². The van der Waals surface area contributed by atoms with Gasteiger partial charge in [-0.05, 0) is 25.7 Å². The van der Waals surface area contributed by atoms with Crippen LogP contribution in [0, 0.1) is 11.3 Å². The number of aliphatic hydroxyl groups excluding tert-OH is 1. The van der Waals surface area contributed by atoms with Gasteiger partial charge >= 0.3 is 0 Å². The van der Waals surface area contributed by atoms with Crippen LogP contribution in [0.4, 0.5) is 5.95 Å². The third-order valence-electron chi connectivity index (χ3n) is 4.92. The molecule has 1 saturated heterocycles. The monoisotopic (exact) mass is 363 g/mol. The van der Waals surface area contributed by atoms with E-state index >= 15 is 0 Å². The minimum absolute atomic E-state index is 0.0398. The van der Waals surface area contributed by atoms with Gasteiger partial charge in [0.25, 0.3) is 0 Å². The van der Waals surface area contributed by atoms with Gasteiger partial charge in [0.2, 0.25) is 5.95 Å². The maximum atomic E-state index is 9.33. The summed E-state index contributed by atoms with van der Waals surface area (Å²) >= 11 is 6.24. The summed E-state index contributed by atoms with van der Waals surface area (Å²) in [5, 5.41) is 22.7. The van der Waals surface area contributed by atoms with Gasteiger partial charge in [-0.25, -0.2) is 9.50 Å². The van der Waals surface area contributed by atoms with Gasteiger partial charge in [-0.15, -0.1) is 5.10 Å². The average Bonchev–Trinajstić information content (AvgIpc) is 2.85. The average molecular weight is 364 g/mol. The molecular formula is C17H22ClN5O2. The Morgan fingerprint density at radius 1 is 1.48 bits per heavy atom. The Morgan fingerprint density at radius 2 is 2.24 bits per heavy atom. The van der Waals surface area contributed by atoms with Crippen LogP contribution in [0.25, 0.3) is 5.52 Å². The van der Waals surface area contributed by atoms with E-state index in [4.69, 9.17) is 27.2 Å². The molecule has 7 nitrogen and oxygen atoms in total. The van der Waals surface area contributed by atoms with E-state index in [1.165, 1.54) is 0 Å². The Balaban J connectivity index is 0.000000219. The number of hydrogen-bond donors (Lipinski definition) is 2. The minimum atomic E-state index is -0.186. The van der Waals surface area contributed by atoms with E-state index in [0.29, 0.717) is 22.7 Å². The van der Waals surface area contributed by atoms with E-state index in [2.05, 4.69) is 23.1 Å². The lowest BCUT2D eigenvalue weighted by molar-refractivity contribution is -0.00535. The SMILES string of the molecule is CC1(c2c(C#N)c(Cl)c3cnc(N)nn23)CCC1.OC1CCCOC1. The van der Waals surface area contributed by atoms with Crippen molar-refractivity contribution in [2.24, 2.45) is 0 Å². The lowest BCUT2D eigenvalue weighted by Crippen LogP contribution is -2.33. The first kappa shape index (κ1) is 17.9. The molecule has 0 amide bonds. The van der Waals surface area contributed by atoms with Crippen LogP contribution in [0.15, 0.2) is 6.20 Å². The van der Waals surface area contributed by atoms with Crippen molar-refractivity contribution in [3.05, 3.63) is 22.5 Å². The van der Waals surface area contributed by atoms with Crippen LogP contribution in [0.5, 0.6) is 0 Å². The minimum Gasteiger partial charge on any atom is -0.391 e. The van der Waals surface area contributed by atoms with Gasteiger partial charge in [0.1, 0.15) is 11.6 Å². The quantitative estimate of drug-likeness (QED) is 0.805. The molecule has 134 valence electrons. The summed E-state index contributed by atoms with van der Waals surface area (Å²) in [4.78, 5) is 3.93. The Bertz CT molecular complexity index is 803. The van der Waals surface area contributed by atoms with E-state index < -0.39 is 0 Å². The Kier molecular flexibility index (Phi) is 5.13. The van der Waals surface area contributed by atoms with Gasteiger partial charge in [-0.2, -0.15) is 5.26 Å². The molecule has 0 spiro atoms. The highest BCUT2D eigenvalue weighted by atomic mass is 35.5. The molecule has 2 aliphatic rings. The van der Waals surface area contributed by atoms with Crippen molar-refractivity contribution in [1.82, 2.24) is 14.6 Å². The zero-order valence-corrected chi connectivity index (χ0v) is 15.0. The molecule has 1 aliphatic heterocycles. The van der Waals surface area contributed by atoms with Crippen molar-refractivity contribution in [2.45, 2.75) is 50.5 Å². The number of aliphatic hydroxyl groups is 1. The number of hydrogen-bond acceptors (Lipinski definition) is 6. The van der Waals surface area contributed by atoms with Crippen molar-refractivity contribution in [1.29, 1.82) is 5.26 Å². The Morgan fingerprint density at radius 3 is 2.72 bits per heavy atom. The molecule has 3 N–H and O–H groups in total. The predicted octanol–water partition coefficient (Wildman–Crippen LogP) is 2.44. The Hall–Kier alpha value is -1.88. The lowest BCUT2D eigenvalue weighted by Gasteiger charge is -2.38. The van der Waals surface area contributed by atoms with Crippen LogP contribution in [0.3, 0.4) is 0 Å². The molecule has 25 heavy (non-hydrogen) atoms. The summed E-state index contributed by atoms with van der Waals surface area (Å²) in [6.45, 7) is 3.50. The number of anilines is 1. The second kappa shape index (κ2) is 7.16. The fourth-order valence-corrected chi connectivity index (χ4v) is 3.61. The predicted molar refractivity (Wildman–Crippen MR) is 94.4 cm³/mol. The maximum absolute atomic E-state index is 9.33. The second-order valence-corrected chi connectivity index (χ2v) is 7.23. The van der Waals surface area contributed by atoms with Crippen LogP contribution in [0.2, 0.25) is 5.02 Å². The van der Waals surface area contributed by atoms with Gasteiger partial charge in [-0.1, -0.05) is 24.9 Å². The topological polar surface area (TPSA) is 109 Å². The van der Waals surface area contributed by atoms with Crippen LogP contribution in [0.1, 0.15) is 50.3 Å². The van der Waals surface area contributed by atoms with E-state index in [1.807, 2.05) is 0 Å². The molecule has 0 aromatic carbocycles. The largest absolute Gasteiger partial charge is 0.391 e. The standard InChI is InChI=1S/C12H12ClN5.C5H10O2/c1-12(3-2-4-12)10-7(5-14)9(13)8-6-16-11(15)17-18(8)10;6-5-2-1-3-7-4-5/h6H,2-4H2,1H3,(H2,15,17);5-6H,1-4H2. The summed E-state index contributed by atoms with van der Waals surface area (Å²) < 4.78 is 6.61. The third-order valence-corrected chi connectivity index (χ3v) is 5.30. The highest BCUT2D eigenvalue weighted by Crippen LogP contribution is 2.46. The molecule has 1 aliphatic carbocycles. The molecule has 1 saturated carbocycles. The second-order valence-electron chi connectivity index (χ2n) is 6.85. The van der Waals surface area contributed by atoms with Gasteiger partial charge in [0.05, 0.1) is 35.2 Å². The number of ether oxygens (including phenoxy) is 1. The number of halogens is 1. The molecule has 3 heterocycles. The first-order valence-electron chi connectivity index (χ1n) is 8.45. The number of nitriles is 1. The molecule has 2 aromatic rings. The molecular weight excluding hydrogens is 342 g/mol. The van der Waals surface area contributed by atoms with Gasteiger partial charge in [0.15, 0.2) is 0 Å². The first-order chi connectivity index (χ1) is 12.0. The third kappa shape index (κ3) is 3.43. The summed E-state index contributed by atoms with van der Waals surface area (Å²) in [7, 11) is 0. The molecule has 0 bridgehead atoms. The highest BCUT2D eigenvalue weighted by molar-refractivity contribution is 6.35. The zero-order valence-electron chi connectivity index (χ0n) is 14.2. The van der Waals surface area contributed by atoms with Crippen molar-refractivity contribution in [3.8, 4) is 6.07 Å². The van der Waals surface area contributed by atoms with Crippen molar-refractivity contribution >= 4 is 23.1 Å². The normalized spacial score (nSPS) is 21.8. The zero-order chi connectivity index (χ0) is 18.0. The summed E-state index contributed by atoms with van der Waals surface area (Å²) in [6.07, 6.45) is 6.54. The van der Waals surface area contributed by atoms with E-state index in [1.54, 1.807) is 10.7 Å². The van der Waals surface area contributed by atoms with Crippen molar-refractivity contribution in [2.75, 3.05) is 18.9 Å². The maximum Gasteiger partial charge on any atom is 0.238 e. The molecule has 4 rings (SSSR count). The number of nitrogen functional groups attached to an aromatic ring is 1. The molecule has 0 radical (unpaired) electrons. The number of nitrogens with two attached hydrogens (primary N) is 1. The highest BCUT2D eigenvalue weighted by Gasteiger charge is 2.40. The molecule has 8 heteroatoms. The van der Waals surface area contributed by atoms with E-state index in [0.717, 1.165) is 44.4 Å². The van der Waals surface area contributed by atoms with Crippen molar-refractivity contribution < 1.29 is 9.84 Å².